The Balaban J connectivity index is 2.03. The van der Waals surface area contributed by atoms with E-state index in [0.717, 1.165) is 25.9 Å². The summed E-state index contributed by atoms with van der Waals surface area (Å²) in [5.74, 6) is 0. The van der Waals surface area contributed by atoms with Crippen LogP contribution < -0.4 is 5.32 Å². The standard InChI is InChI=1S/C12H22N2O2/c1-9-7-14(10(15)16-11(2,3)4)12(5-6-12)8-13-9/h9,13H,5-8H2,1-4H3. The summed E-state index contributed by atoms with van der Waals surface area (Å²) in [5, 5.41) is 3.43. The second kappa shape index (κ2) is 3.62. The highest BCUT2D eigenvalue weighted by molar-refractivity contribution is 5.70. The Bertz CT molecular complexity index is 292. The number of hydrogen-bond acceptors (Lipinski definition) is 3. The van der Waals surface area contributed by atoms with E-state index in [-0.39, 0.29) is 11.6 Å². The minimum Gasteiger partial charge on any atom is -0.444 e. The summed E-state index contributed by atoms with van der Waals surface area (Å²) in [6.45, 7) is 9.51. The first-order valence-electron chi connectivity index (χ1n) is 6.06. The van der Waals surface area contributed by atoms with Gasteiger partial charge in [0.05, 0.1) is 5.54 Å². The molecule has 4 nitrogen and oxygen atoms in total. The Morgan fingerprint density at radius 1 is 1.44 bits per heavy atom. The van der Waals surface area contributed by atoms with Gasteiger partial charge in [0.2, 0.25) is 0 Å². The number of ether oxygens (including phenoxy) is 1. The fraction of sp³-hybridized carbons (Fsp3) is 0.917. The van der Waals surface area contributed by atoms with Crippen molar-refractivity contribution in [3.63, 3.8) is 0 Å². The van der Waals surface area contributed by atoms with Gasteiger partial charge in [-0.05, 0) is 40.5 Å². The normalized spacial score (nSPS) is 28.0. The Kier molecular flexibility index (Phi) is 2.65. The molecule has 1 aliphatic heterocycles. The van der Waals surface area contributed by atoms with Gasteiger partial charge in [0.25, 0.3) is 0 Å². The van der Waals surface area contributed by atoms with Crippen molar-refractivity contribution in [2.24, 2.45) is 0 Å². The first-order chi connectivity index (χ1) is 7.32. The summed E-state index contributed by atoms with van der Waals surface area (Å²) < 4.78 is 5.46. The number of carbonyl (C=O) groups is 1. The molecule has 2 rings (SSSR count). The fourth-order valence-corrected chi connectivity index (χ4v) is 2.17. The summed E-state index contributed by atoms with van der Waals surface area (Å²) in [6.07, 6.45) is 2.05. The molecule has 1 atom stereocenters. The monoisotopic (exact) mass is 226 g/mol. The maximum absolute atomic E-state index is 12.1. The lowest BCUT2D eigenvalue weighted by atomic mass is 10.1. The SMILES string of the molecule is CC1CN(C(=O)OC(C)(C)C)C2(CC2)CN1. The van der Waals surface area contributed by atoms with Crippen LogP contribution in [-0.4, -0.2) is 41.3 Å². The predicted octanol–water partition coefficient (Wildman–Crippen LogP) is 1.75. The third-order valence-corrected chi connectivity index (χ3v) is 3.25. The second-order valence-corrected chi connectivity index (χ2v) is 6.10. The topological polar surface area (TPSA) is 41.6 Å². The Morgan fingerprint density at radius 3 is 2.56 bits per heavy atom. The van der Waals surface area contributed by atoms with E-state index in [4.69, 9.17) is 4.74 Å². The molecule has 0 aromatic carbocycles. The van der Waals surface area contributed by atoms with E-state index in [1.54, 1.807) is 0 Å². The Hall–Kier alpha value is -0.770. The van der Waals surface area contributed by atoms with Gasteiger partial charge in [-0.1, -0.05) is 0 Å². The van der Waals surface area contributed by atoms with E-state index >= 15 is 0 Å². The van der Waals surface area contributed by atoms with Crippen LogP contribution in [0.4, 0.5) is 4.79 Å². The van der Waals surface area contributed by atoms with Gasteiger partial charge in [0.15, 0.2) is 0 Å². The van der Waals surface area contributed by atoms with Crippen molar-refractivity contribution >= 4 is 6.09 Å². The molecule has 1 aliphatic carbocycles. The van der Waals surface area contributed by atoms with Crippen LogP contribution in [0.25, 0.3) is 0 Å². The number of nitrogens with one attached hydrogen (secondary N) is 1. The zero-order valence-electron chi connectivity index (χ0n) is 10.7. The van der Waals surface area contributed by atoms with Crippen LogP contribution in [0.3, 0.4) is 0 Å². The number of piperazine rings is 1. The molecule has 1 amide bonds. The highest BCUT2D eigenvalue weighted by Crippen LogP contribution is 2.43. The lowest BCUT2D eigenvalue weighted by Crippen LogP contribution is -2.59. The van der Waals surface area contributed by atoms with Crippen LogP contribution in [0.5, 0.6) is 0 Å². The van der Waals surface area contributed by atoms with Gasteiger partial charge in [-0.25, -0.2) is 4.79 Å². The quantitative estimate of drug-likeness (QED) is 0.684. The lowest BCUT2D eigenvalue weighted by molar-refractivity contribution is 0.00418. The molecule has 1 saturated heterocycles. The van der Waals surface area contributed by atoms with E-state index < -0.39 is 5.60 Å². The van der Waals surface area contributed by atoms with Crippen molar-refractivity contribution in [2.75, 3.05) is 13.1 Å². The van der Waals surface area contributed by atoms with Gasteiger partial charge < -0.3 is 10.1 Å². The van der Waals surface area contributed by atoms with E-state index in [1.807, 2.05) is 25.7 Å². The van der Waals surface area contributed by atoms with Crippen LogP contribution in [-0.2, 0) is 4.74 Å². The molecule has 2 aliphatic rings. The molecule has 0 bridgehead atoms. The van der Waals surface area contributed by atoms with Crippen LogP contribution in [0.2, 0.25) is 0 Å². The molecular weight excluding hydrogens is 204 g/mol. The van der Waals surface area contributed by atoms with Crippen molar-refractivity contribution < 1.29 is 9.53 Å². The first-order valence-corrected chi connectivity index (χ1v) is 6.06. The summed E-state index contributed by atoms with van der Waals surface area (Å²) >= 11 is 0. The minimum absolute atomic E-state index is 0.0643. The van der Waals surface area contributed by atoms with E-state index in [2.05, 4.69) is 12.2 Å². The molecule has 0 aromatic heterocycles. The molecule has 1 N–H and O–H groups in total. The lowest BCUT2D eigenvalue weighted by Gasteiger charge is -2.40. The van der Waals surface area contributed by atoms with Crippen LogP contribution in [0.15, 0.2) is 0 Å². The van der Waals surface area contributed by atoms with Crippen molar-refractivity contribution in [1.29, 1.82) is 0 Å². The average molecular weight is 226 g/mol. The molecule has 1 spiro atoms. The Morgan fingerprint density at radius 2 is 2.06 bits per heavy atom. The molecule has 2 fully saturated rings. The molecule has 0 radical (unpaired) electrons. The summed E-state index contributed by atoms with van der Waals surface area (Å²) in [7, 11) is 0. The molecule has 1 heterocycles. The van der Waals surface area contributed by atoms with Crippen molar-refractivity contribution in [3.05, 3.63) is 0 Å². The second-order valence-electron chi connectivity index (χ2n) is 6.10. The van der Waals surface area contributed by atoms with E-state index in [0.29, 0.717) is 6.04 Å². The van der Waals surface area contributed by atoms with Gasteiger partial charge in [0.1, 0.15) is 5.60 Å². The molecule has 92 valence electrons. The highest BCUT2D eigenvalue weighted by Gasteiger charge is 2.53. The predicted molar refractivity (Wildman–Crippen MR) is 62.4 cm³/mol. The van der Waals surface area contributed by atoms with Gasteiger partial charge in [-0.15, -0.1) is 0 Å². The fourth-order valence-electron chi connectivity index (χ4n) is 2.17. The third kappa shape index (κ3) is 2.32. The van der Waals surface area contributed by atoms with Crippen LogP contribution in [0.1, 0.15) is 40.5 Å². The van der Waals surface area contributed by atoms with Crippen molar-refractivity contribution in [3.8, 4) is 0 Å². The van der Waals surface area contributed by atoms with E-state index in [9.17, 15) is 4.79 Å². The summed E-state index contributed by atoms with van der Waals surface area (Å²) in [5.41, 5.74) is -0.337. The van der Waals surface area contributed by atoms with E-state index in [1.165, 1.54) is 0 Å². The number of carbonyl (C=O) groups excluding carboxylic acids is 1. The minimum atomic E-state index is -0.402. The van der Waals surface area contributed by atoms with Crippen LogP contribution >= 0.6 is 0 Å². The van der Waals surface area contributed by atoms with Crippen LogP contribution in [0, 0.1) is 0 Å². The Labute approximate surface area is 97.3 Å². The molecule has 16 heavy (non-hydrogen) atoms. The van der Waals surface area contributed by atoms with Gasteiger partial charge >= 0.3 is 6.09 Å². The number of nitrogens with zero attached hydrogens (tertiary/aromatic N) is 1. The highest BCUT2D eigenvalue weighted by atomic mass is 16.6. The molecule has 0 aromatic rings. The van der Waals surface area contributed by atoms with Gasteiger partial charge in [-0.3, -0.25) is 4.90 Å². The molecular formula is C12H22N2O2. The zero-order chi connectivity index (χ0) is 12.0. The summed E-state index contributed by atoms with van der Waals surface area (Å²) in [6, 6.07) is 0.360. The number of amides is 1. The maximum Gasteiger partial charge on any atom is 0.410 e. The molecule has 1 unspecified atom stereocenters. The molecule has 4 heteroatoms. The zero-order valence-corrected chi connectivity index (χ0v) is 10.7. The summed E-state index contributed by atoms with van der Waals surface area (Å²) in [4.78, 5) is 14.0. The van der Waals surface area contributed by atoms with Crippen molar-refractivity contribution in [1.82, 2.24) is 10.2 Å². The average Bonchev–Trinajstić information content (AvgIpc) is 2.88. The third-order valence-electron chi connectivity index (χ3n) is 3.25. The van der Waals surface area contributed by atoms with Gasteiger partial charge in [-0.2, -0.15) is 0 Å². The first kappa shape index (κ1) is 11.7. The van der Waals surface area contributed by atoms with Crippen molar-refractivity contribution in [2.45, 2.75) is 57.7 Å². The number of hydrogen-bond donors (Lipinski definition) is 1. The van der Waals surface area contributed by atoms with Gasteiger partial charge in [0, 0.05) is 19.1 Å². The largest absolute Gasteiger partial charge is 0.444 e. The number of rotatable bonds is 0. The molecule has 1 saturated carbocycles. The smallest absolute Gasteiger partial charge is 0.410 e. The maximum atomic E-state index is 12.1.